The monoisotopic (exact) mass is 447 g/mol. The SMILES string of the molecule is CCn1c(=O)sc2cc(NC(=O)[C@H]3CN(S(C)(=O)=O)c4cc(C)ccc4O3)ccc21. The fourth-order valence-corrected chi connectivity index (χ4v) is 5.38. The first-order valence-electron chi connectivity index (χ1n) is 9.36. The van der Waals surface area contributed by atoms with Crippen molar-refractivity contribution in [1.29, 1.82) is 0 Å². The molecule has 2 heterocycles. The standard InChI is InChI=1S/C20H21N3O5S2/c1-4-22-14-7-6-13(10-18(14)29-20(22)25)21-19(24)17-11-23(30(3,26)27)15-9-12(2)5-8-16(15)28-17/h5-10,17H,4,11H2,1-3H3,(H,21,24)/t17-/m1/s1. The Hall–Kier alpha value is -2.85. The molecule has 0 unspecified atom stereocenters. The van der Waals surface area contributed by atoms with Gasteiger partial charge in [0.2, 0.25) is 10.0 Å². The number of anilines is 2. The molecule has 3 aromatic rings. The van der Waals surface area contributed by atoms with Crippen LogP contribution in [0.1, 0.15) is 12.5 Å². The summed E-state index contributed by atoms with van der Waals surface area (Å²) in [6, 6.07) is 10.4. The number of rotatable bonds is 4. The van der Waals surface area contributed by atoms with Gasteiger partial charge in [-0.15, -0.1) is 0 Å². The number of aryl methyl sites for hydroxylation is 2. The zero-order chi connectivity index (χ0) is 21.6. The van der Waals surface area contributed by atoms with Crippen LogP contribution in [0.2, 0.25) is 0 Å². The Balaban J connectivity index is 1.61. The second kappa shape index (κ2) is 7.44. The number of carbonyl (C=O) groups is 1. The molecule has 1 atom stereocenters. The lowest BCUT2D eigenvalue weighted by Crippen LogP contribution is -2.48. The van der Waals surface area contributed by atoms with Crippen molar-refractivity contribution in [3.05, 3.63) is 51.6 Å². The van der Waals surface area contributed by atoms with Crippen molar-refractivity contribution >= 4 is 48.9 Å². The zero-order valence-corrected chi connectivity index (χ0v) is 18.3. The van der Waals surface area contributed by atoms with Crippen LogP contribution in [0.25, 0.3) is 10.2 Å². The number of fused-ring (bicyclic) bond motifs is 2. The summed E-state index contributed by atoms with van der Waals surface area (Å²) in [6.07, 6.45) is 0.0952. The van der Waals surface area contributed by atoms with Gasteiger partial charge in [-0.25, -0.2) is 8.42 Å². The lowest BCUT2D eigenvalue weighted by Gasteiger charge is -2.34. The van der Waals surface area contributed by atoms with Crippen LogP contribution in [0, 0.1) is 6.92 Å². The molecule has 1 N–H and O–H groups in total. The van der Waals surface area contributed by atoms with Crippen molar-refractivity contribution in [2.24, 2.45) is 0 Å². The second-order valence-electron chi connectivity index (χ2n) is 7.16. The van der Waals surface area contributed by atoms with E-state index in [-0.39, 0.29) is 11.4 Å². The molecular formula is C20H21N3O5S2. The smallest absolute Gasteiger partial charge is 0.308 e. The van der Waals surface area contributed by atoms with Crippen molar-refractivity contribution in [2.45, 2.75) is 26.5 Å². The van der Waals surface area contributed by atoms with Crippen LogP contribution in [-0.4, -0.2) is 37.8 Å². The maximum atomic E-state index is 12.9. The molecule has 1 aliphatic heterocycles. The lowest BCUT2D eigenvalue weighted by atomic mass is 10.1. The minimum Gasteiger partial charge on any atom is -0.476 e. The molecule has 2 aromatic carbocycles. The van der Waals surface area contributed by atoms with Crippen LogP contribution in [0.3, 0.4) is 0 Å². The number of carbonyl (C=O) groups excluding carboxylic acids is 1. The maximum Gasteiger partial charge on any atom is 0.308 e. The van der Waals surface area contributed by atoms with E-state index in [1.807, 2.05) is 13.8 Å². The van der Waals surface area contributed by atoms with Gasteiger partial charge in [0.05, 0.1) is 28.7 Å². The largest absolute Gasteiger partial charge is 0.476 e. The van der Waals surface area contributed by atoms with Gasteiger partial charge >= 0.3 is 4.87 Å². The summed E-state index contributed by atoms with van der Waals surface area (Å²) < 4.78 is 34.0. The van der Waals surface area contributed by atoms with Gasteiger partial charge in [0.25, 0.3) is 5.91 Å². The summed E-state index contributed by atoms with van der Waals surface area (Å²) in [5.74, 6) is -0.123. The molecule has 1 aromatic heterocycles. The minimum atomic E-state index is -3.59. The fourth-order valence-electron chi connectivity index (χ4n) is 3.48. The van der Waals surface area contributed by atoms with Gasteiger partial charge in [-0.3, -0.25) is 18.5 Å². The van der Waals surface area contributed by atoms with Crippen LogP contribution in [0.4, 0.5) is 11.4 Å². The Morgan fingerprint density at radius 1 is 1.27 bits per heavy atom. The molecule has 0 aliphatic carbocycles. The molecule has 0 bridgehead atoms. The Kier molecular flexibility index (Phi) is 5.07. The summed E-state index contributed by atoms with van der Waals surface area (Å²) in [4.78, 5) is 24.8. The normalized spacial score (nSPS) is 16.2. The second-order valence-corrected chi connectivity index (χ2v) is 10.1. The Labute approximate surface area is 177 Å². The lowest BCUT2D eigenvalue weighted by molar-refractivity contribution is -0.122. The molecule has 0 fully saturated rings. The maximum absolute atomic E-state index is 12.9. The summed E-state index contributed by atoms with van der Waals surface area (Å²) >= 11 is 1.11. The van der Waals surface area contributed by atoms with Crippen molar-refractivity contribution in [1.82, 2.24) is 4.57 Å². The van der Waals surface area contributed by atoms with Crippen molar-refractivity contribution < 1.29 is 17.9 Å². The molecule has 30 heavy (non-hydrogen) atoms. The fraction of sp³-hybridized carbons (Fsp3) is 0.300. The Morgan fingerprint density at radius 3 is 2.73 bits per heavy atom. The van der Waals surface area contributed by atoms with Gasteiger partial charge in [0, 0.05) is 12.2 Å². The Morgan fingerprint density at radius 2 is 2.03 bits per heavy atom. The highest BCUT2D eigenvalue weighted by Gasteiger charge is 2.35. The predicted octanol–water partition coefficient (Wildman–Crippen LogP) is 2.56. The molecule has 1 aliphatic rings. The minimum absolute atomic E-state index is 0.0534. The van der Waals surface area contributed by atoms with E-state index < -0.39 is 22.0 Å². The van der Waals surface area contributed by atoms with E-state index >= 15 is 0 Å². The molecule has 1 amide bonds. The molecular weight excluding hydrogens is 426 g/mol. The average molecular weight is 448 g/mol. The first-order valence-corrected chi connectivity index (χ1v) is 12.0. The Bertz CT molecular complexity index is 1310. The van der Waals surface area contributed by atoms with Crippen LogP contribution < -0.4 is 19.2 Å². The van der Waals surface area contributed by atoms with E-state index in [1.165, 1.54) is 4.31 Å². The van der Waals surface area contributed by atoms with E-state index in [2.05, 4.69) is 5.32 Å². The summed E-state index contributed by atoms with van der Waals surface area (Å²) in [5, 5.41) is 2.77. The molecule has 0 saturated heterocycles. The third-order valence-electron chi connectivity index (χ3n) is 4.93. The molecule has 158 valence electrons. The van der Waals surface area contributed by atoms with Gasteiger partial charge in [-0.05, 0) is 49.7 Å². The van der Waals surface area contributed by atoms with Gasteiger partial charge in [0.1, 0.15) is 5.75 Å². The average Bonchev–Trinajstić information content (AvgIpc) is 3.00. The van der Waals surface area contributed by atoms with Crippen LogP contribution in [-0.2, 0) is 21.4 Å². The number of aromatic nitrogens is 1. The number of sulfonamides is 1. The first-order chi connectivity index (χ1) is 14.2. The van der Waals surface area contributed by atoms with Crippen molar-refractivity contribution in [3.63, 3.8) is 0 Å². The molecule has 10 heteroatoms. The molecule has 0 radical (unpaired) electrons. The highest BCUT2D eigenvalue weighted by molar-refractivity contribution is 7.92. The highest BCUT2D eigenvalue weighted by Crippen LogP contribution is 2.36. The van der Waals surface area contributed by atoms with Gasteiger partial charge in [-0.1, -0.05) is 17.4 Å². The number of amides is 1. The van der Waals surface area contributed by atoms with E-state index in [0.29, 0.717) is 23.7 Å². The number of thiazole rings is 1. The van der Waals surface area contributed by atoms with Crippen LogP contribution in [0.5, 0.6) is 5.75 Å². The number of hydrogen-bond donors (Lipinski definition) is 1. The number of hydrogen-bond acceptors (Lipinski definition) is 6. The van der Waals surface area contributed by atoms with Gasteiger partial charge < -0.3 is 10.1 Å². The van der Waals surface area contributed by atoms with E-state index in [0.717, 1.165) is 33.4 Å². The number of ether oxygens (including phenoxy) is 1. The summed E-state index contributed by atoms with van der Waals surface area (Å²) in [6.45, 7) is 4.20. The third-order valence-corrected chi connectivity index (χ3v) is 7.02. The zero-order valence-electron chi connectivity index (χ0n) is 16.7. The van der Waals surface area contributed by atoms with Crippen molar-refractivity contribution in [2.75, 3.05) is 22.4 Å². The molecule has 4 rings (SSSR count). The van der Waals surface area contributed by atoms with E-state index in [4.69, 9.17) is 4.74 Å². The number of benzene rings is 2. The van der Waals surface area contributed by atoms with Gasteiger partial charge in [0.15, 0.2) is 6.10 Å². The number of nitrogens with one attached hydrogen (secondary N) is 1. The number of nitrogens with zero attached hydrogens (tertiary/aromatic N) is 2. The third kappa shape index (κ3) is 3.68. The summed E-state index contributed by atoms with van der Waals surface area (Å²) in [7, 11) is -3.59. The summed E-state index contributed by atoms with van der Waals surface area (Å²) in [5.41, 5.74) is 2.64. The molecule has 0 saturated carbocycles. The van der Waals surface area contributed by atoms with Crippen LogP contribution >= 0.6 is 11.3 Å². The molecule has 8 nitrogen and oxygen atoms in total. The quantitative estimate of drug-likeness (QED) is 0.663. The highest BCUT2D eigenvalue weighted by atomic mass is 32.2. The van der Waals surface area contributed by atoms with E-state index in [9.17, 15) is 18.0 Å². The van der Waals surface area contributed by atoms with E-state index in [1.54, 1.807) is 41.0 Å². The van der Waals surface area contributed by atoms with Crippen LogP contribution in [0.15, 0.2) is 41.2 Å². The van der Waals surface area contributed by atoms with Crippen molar-refractivity contribution in [3.8, 4) is 5.75 Å². The van der Waals surface area contributed by atoms with Gasteiger partial charge in [-0.2, -0.15) is 0 Å². The molecule has 0 spiro atoms. The topological polar surface area (TPSA) is 97.7 Å². The first kappa shape index (κ1) is 20.4. The predicted molar refractivity (Wildman–Crippen MR) is 118 cm³/mol.